The topological polar surface area (TPSA) is 60.4 Å². The van der Waals surface area contributed by atoms with E-state index in [-0.39, 0.29) is 33.4 Å². The van der Waals surface area contributed by atoms with E-state index in [1.165, 1.54) is 0 Å². The van der Waals surface area contributed by atoms with Crippen LogP contribution in [-0.2, 0) is 19.4 Å². The second kappa shape index (κ2) is 6.79. The molecule has 0 aliphatic heterocycles. The fourth-order valence-corrected chi connectivity index (χ4v) is 4.66. The number of rotatable bonds is 4. The van der Waals surface area contributed by atoms with Crippen LogP contribution in [0.1, 0.15) is 32.6 Å². The zero-order valence-electron chi connectivity index (χ0n) is 12.1. The van der Waals surface area contributed by atoms with Crippen molar-refractivity contribution in [3.05, 3.63) is 39.5 Å². The quantitative estimate of drug-likeness (QED) is 0.616. The Balaban J connectivity index is 2.56. The van der Waals surface area contributed by atoms with E-state index in [1.54, 1.807) is 6.92 Å². The van der Waals surface area contributed by atoms with Crippen molar-refractivity contribution in [2.24, 2.45) is 0 Å². The van der Waals surface area contributed by atoms with Crippen LogP contribution in [0.4, 0.5) is 4.39 Å². The minimum atomic E-state index is -3.94. The molecule has 2 rings (SSSR count). The summed E-state index contributed by atoms with van der Waals surface area (Å²) in [4.78, 5) is 11.8. The largest absolute Gasteiger partial charge is 0.463 e. The number of carbonyl (C=O) groups is 1. The molecule has 4 nitrogen and oxygen atoms in total. The molecular weight excluding hydrogens is 331 g/mol. The molecule has 120 valence electrons. The Morgan fingerprint density at radius 3 is 2.64 bits per heavy atom. The van der Waals surface area contributed by atoms with Crippen LogP contribution in [0.5, 0.6) is 0 Å². The number of allylic oxidation sites excluding steroid dienone is 1. The third-order valence-electron chi connectivity index (χ3n) is 3.45. The molecule has 7 heteroatoms. The van der Waals surface area contributed by atoms with Gasteiger partial charge < -0.3 is 4.74 Å². The highest BCUT2D eigenvalue weighted by Gasteiger charge is 2.31. The summed E-state index contributed by atoms with van der Waals surface area (Å²) in [5.74, 6) is -1.23. The number of carbonyl (C=O) groups excluding carboxylic acids is 1. The lowest BCUT2D eigenvalue weighted by atomic mass is 9.99. The second-order valence-electron chi connectivity index (χ2n) is 4.91. The maximum absolute atomic E-state index is 13.1. The van der Waals surface area contributed by atoms with Gasteiger partial charge in [0.25, 0.3) is 0 Å². The molecule has 0 unspecified atom stereocenters. The van der Waals surface area contributed by atoms with Crippen molar-refractivity contribution in [3.8, 4) is 0 Å². The van der Waals surface area contributed by atoms with E-state index in [0.717, 1.165) is 24.6 Å². The van der Waals surface area contributed by atoms with Crippen LogP contribution in [-0.4, -0.2) is 21.0 Å². The molecule has 1 aliphatic carbocycles. The summed E-state index contributed by atoms with van der Waals surface area (Å²) in [7, 11) is -3.94. The number of hydrogen-bond donors (Lipinski definition) is 0. The van der Waals surface area contributed by atoms with E-state index in [0.29, 0.717) is 12.8 Å². The highest BCUT2D eigenvalue weighted by Crippen LogP contribution is 2.36. The number of benzene rings is 1. The average molecular weight is 347 g/mol. The summed E-state index contributed by atoms with van der Waals surface area (Å²) in [6, 6.07) is 3.10. The maximum atomic E-state index is 13.1. The lowest BCUT2D eigenvalue weighted by Gasteiger charge is -2.19. The van der Waals surface area contributed by atoms with Gasteiger partial charge in [0.1, 0.15) is 5.82 Å². The fraction of sp³-hybridized carbons (Fsp3) is 0.400. The van der Waals surface area contributed by atoms with Gasteiger partial charge in [-0.25, -0.2) is 17.6 Å². The first-order valence-electron chi connectivity index (χ1n) is 6.97. The average Bonchev–Trinajstić information content (AvgIpc) is 2.47. The molecular formula is C15H16ClFO4S. The first-order chi connectivity index (χ1) is 10.4. The molecule has 0 N–H and O–H groups in total. The van der Waals surface area contributed by atoms with Crippen LogP contribution < -0.4 is 0 Å². The monoisotopic (exact) mass is 346 g/mol. The van der Waals surface area contributed by atoms with Crippen molar-refractivity contribution in [3.63, 3.8) is 0 Å². The van der Waals surface area contributed by atoms with Gasteiger partial charge in [0.15, 0.2) is 0 Å². The summed E-state index contributed by atoms with van der Waals surface area (Å²) in [6.45, 7) is 1.83. The molecule has 0 atom stereocenters. The first-order valence-corrected chi connectivity index (χ1v) is 8.83. The summed E-state index contributed by atoms with van der Waals surface area (Å²) in [5.41, 5.74) is 0.175. The van der Waals surface area contributed by atoms with Crippen molar-refractivity contribution in [2.45, 2.75) is 37.5 Å². The molecule has 1 aromatic rings. The van der Waals surface area contributed by atoms with Gasteiger partial charge in [-0.1, -0.05) is 11.6 Å². The Morgan fingerprint density at radius 1 is 1.32 bits per heavy atom. The molecule has 0 saturated carbocycles. The van der Waals surface area contributed by atoms with E-state index in [1.807, 2.05) is 0 Å². The predicted molar refractivity (Wildman–Crippen MR) is 80.7 cm³/mol. The highest BCUT2D eigenvalue weighted by molar-refractivity contribution is 7.95. The molecule has 0 heterocycles. The number of esters is 1. The van der Waals surface area contributed by atoms with Crippen LogP contribution in [0, 0.1) is 5.82 Å². The molecule has 1 aliphatic rings. The Bertz CT molecular complexity index is 725. The predicted octanol–water partition coefficient (Wildman–Crippen LogP) is 3.64. The van der Waals surface area contributed by atoms with Crippen LogP contribution >= 0.6 is 11.6 Å². The molecule has 0 bridgehead atoms. The fourth-order valence-electron chi connectivity index (χ4n) is 2.43. The van der Waals surface area contributed by atoms with Gasteiger partial charge in [0.05, 0.1) is 27.0 Å². The Labute approximate surface area is 133 Å². The lowest BCUT2D eigenvalue weighted by molar-refractivity contribution is -0.138. The number of sulfone groups is 1. The first kappa shape index (κ1) is 17.0. The standard InChI is InChI=1S/C15H16ClFO4S/c1-2-21-15(18)11-5-3-4-6-13(11)22(19,20)14-8-7-10(17)9-12(14)16/h7-9H,2-6H2,1H3. The van der Waals surface area contributed by atoms with Crippen LogP contribution in [0.3, 0.4) is 0 Å². The smallest absolute Gasteiger partial charge is 0.334 e. The molecule has 0 aromatic heterocycles. The highest BCUT2D eigenvalue weighted by atomic mass is 35.5. The third-order valence-corrected chi connectivity index (χ3v) is 5.91. The summed E-state index contributed by atoms with van der Waals surface area (Å²) in [5, 5.41) is -0.193. The number of hydrogen-bond acceptors (Lipinski definition) is 4. The number of ether oxygens (including phenoxy) is 1. The Kier molecular flexibility index (Phi) is 5.24. The maximum Gasteiger partial charge on any atom is 0.334 e. The lowest BCUT2D eigenvalue weighted by Crippen LogP contribution is -2.18. The van der Waals surface area contributed by atoms with E-state index < -0.39 is 21.6 Å². The molecule has 0 fully saturated rings. The summed E-state index contributed by atoms with van der Waals surface area (Å²) < 4.78 is 43.6. The van der Waals surface area contributed by atoms with E-state index in [4.69, 9.17) is 16.3 Å². The van der Waals surface area contributed by atoms with Gasteiger partial charge in [-0.05, 0) is 50.8 Å². The van der Waals surface area contributed by atoms with E-state index in [9.17, 15) is 17.6 Å². The zero-order valence-corrected chi connectivity index (χ0v) is 13.6. The molecule has 22 heavy (non-hydrogen) atoms. The van der Waals surface area contributed by atoms with Crippen molar-refractivity contribution in [2.75, 3.05) is 6.61 Å². The molecule has 0 radical (unpaired) electrons. The summed E-state index contributed by atoms with van der Waals surface area (Å²) in [6.07, 6.45) is 2.00. The SMILES string of the molecule is CCOC(=O)C1=C(S(=O)(=O)c2ccc(F)cc2Cl)CCCC1. The molecule has 0 spiro atoms. The van der Waals surface area contributed by atoms with Gasteiger partial charge in [-0.2, -0.15) is 0 Å². The van der Waals surface area contributed by atoms with Gasteiger partial charge in [-0.15, -0.1) is 0 Å². The van der Waals surface area contributed by atoms with Crippen molar-refractivity contribution < 1.29 is 22.3 Å². The minimum absolute atomic E-state index is 0.0331. The summed E-state index contributed by atoms with van der Waals surface area (Å²) >= 11 is 5.86. The van der Waals surface area contributed by atoms with E-state index >= 15 is 0 Å². The van der Waals surface area contributed by atoms with Crippen molar-refractivity contribution in [1.82, 2.24) is 0 Å². The van der Waals surface area contributed by atoms with Gasteiger partial charge in [0.2, 0.25) is 9.84 Å². The van der Waals surface area contributed by atoms with E-state index in [2.05, 4.69) is 0 Å². The minimum Gasteiger partial charge on any atom is -0.463 e. The Hall–Kier alpha value is -1.40. The van der Waals surface area contributed by atoms with Crippen LogP contribution in [0.15, 0.2) is 33.6 Å². The Morgan fingerprint density at radius 2 is 2.00 bits per heavy atom. The van der Waals surface area contributed by atoms with Gasteiger partial charge >= 0.3 is 5.97 Å². The van der Waals surface area contributed by atoms with Gasteiger partial charge in [0, 0.05) is 0 Å². The zero-order chi connectivity index (χ0) is 16.3. The molecule has 1 aromatic carbocycles. The van der Waals surface area contributed by atoms with Crippen molar-refractivity contribution >= 4 is 27.4 Å². The van der Waals surface area contributed by atoms with Crippen LogP contribution in [0.2, 0.25) is 5.02 Å². The number of halogens is 2. The normalized spacial score (nSPS) is 15.8. The van der Waals surface area contributed by atoms with Crippen LogP contribution in [0.25, 0.3) is 0 Å². The van der Waals surface area contributed by atoms with Crippen molar-refractivity contribution in [1.29, 1.82) is 0 Å². The molecule has 0 amide bonds. The molecule has 0 saturated heterocycles. The second-order valence-corrected chi connectivity index (χ2v) is 7.25. The third kappa shape index (κ3) is 3.33. The van der Waals surface area contributed by atoms with Gasteiger partial charge in [-0.3, -0.25) is 0 Å².